The quantitative estimate of drug-likeness (QED) is 0.474. The predicted octanol–water partition coefficient (Wildman–Crippen LogP) is 4.17. The molecule has 0 unspecified atom stereocenters. The van der Waals surface area contributed by atoms with E-state index in [1.54, 1.807) is 0 Å². The molecule has 0 aliphatic carbocycles. The minimum atomic E-state index is -1.04. The van der Waals surface area contributed by atoms with Crippen molar-refractivity contribution in [1.29, 1.82) is 0 Å². The van der Waals surface area contributed by atoms with Crippen LogP contribution < -0.4 is 0 Å². The lowest BCUT2D eigenvalue weighted by Gasteiger charge is -2.46. The van der Waals surface area contributed by atoms with Crippen molar-refractivity contribution in [2.75, 3.05) is 20.2 Å². The first kappa shape index (κ1) is 18.9. The number of ether oxygens (including phenoxy) is 2. The first-order chi connectivity index (χ1) is 15.6. The Morgan fingerprint density at radius 3 is 2.91 bits per heavy atom. The molecular weight excluding hydrogens is 424 g/mol. The van der Waals surface area contributed by atoms with Gasteiger partial charge in [0.25, 0.3) is 0 Å². The normalized spacial score (nSPS) is 34.5. The molecule has 4 aliphatic heterocycles. The molecule has 2 saturated heterocycles. The highest BCUT2D eigenvalue weighted by atomic mass is 35.5. The molecule has 32 heavy (non-hydrogen) atoms. The van der Waals surface area contributed by atoms with Crippen LogP contribution in [0.4, 0.5) is 0 Å². The van der Waals surface area contributed by atoms with Crippen molar-refractivity contribution in [3.05, 3.63) is 82.5 Å². The standard InChI is InChI=1S/C26H23ClN2O3/c1-31-24(30)26-23-17(18-13-16(27)7-8-20(18)28-23)10-12-29(26)14-19-22(15-5-3-2-4-6-15)21-9-11-25(19,26)32-21/h2-9,11,13,19,21-22,28H,10,12,14H2,1H3/t19-,21-,22-,25+,26-/m0/s1. The van der Waals surface area contributed by atoms with Gasteiger partial charge in [-0.2, -0.15) is 0 Å². The Balaban J connectivity index is 1.49. The van der Waals surface area contributed by atoms with Gasteiger partial charge in [0.2, 0.25) is 0 Å². The zero-order valence-electron chi connectivity index (χ0n) is 17.7. The van der Waals surface area contributed by atoms with Crippen LogP contribution in [0.15, 0.2) is 60.7 Å². The SMILES string of the molecule is COC(=O)[C@]12c3[nH]c4ccc(Cl)cc4c3CCN1C[C@H]1[C@H](c3ccccc3)[C@@H]3C=C[C@@]12O3. The molecule has 5 nitrogen and oxygen atoms in total. The van der Waals surface area contributed by atoms with Gasteiger partial charge in [-0.05, 0) is 35.7 Å². The number of rotatable bonds is 2. The summed E-state index contributed by atoms with van der Waals surface area (Å²) < 4.78 is 12.3. The third kappa shape index (κ3) is 2.01. The van der Waals surface area contributed by atoms with Crippen molar-refractivity contribution in [3.63, 3.8) is 0 Å². The number of esters is 1. The largest absolute Gasteiger partial charge is 0.467 e. The highest BCUT2D eigenvalue weighted by Crippen LogP contribution is 2.66. The van der Waals surface area contributed by atoms with Crippen molar-refractivity contribution < 1.29 is 14.3 Å². The van der Waals surface area contributed by atoms with Crippen LogP contribution in [-0.2, 0) is 26.2 Å². The third-order valence-electron chi connectivity index (χ3n) is 8.19. The lowest BCUT2D eigenvalue weighted by atomic mass is 9.65. The summed E-state index contributed by atoms with van der Waals surface area (Å²) in [4.78, 5) is 19.7. The summed E-state index contributed by atoms with van der Waals surface area (Å²) in [5, 5.41) is 1.77. The average Bonchev–Trinajstić information content (AvgIpc) is 3.55. The van der Waals surface area contributed by atoms with Crippen molar-refractivity contribution in [1.82, 2.24) is 9.88 Å². The maximum atomic E-state index is 13.8. The Hall–Kier alpha value is -2.60. The van der Waals surface area contributed by atoms with E-state index in [-0.39, 0.29) is 23.9 Å². The number of nitrogens with zero attached hydrogens (tertiary/aromatic N) is 1. The van der Waals surface area contributed by atoms with E-state index in [1.807, 2.05) is 24.3 Å². The molecule has 4 aliphatic rings. The Bertz CT molecular complexity index is 1300. The van der Waals surface area contributed by atoms with Crippen LogP contribution in [0.2, 0.25) is 5.02 Å². The summed E-state index contributed by atoms with van der Waals surface area (Å²) in [7, 11) is 1.48. The van der Waals surface area contributed by atoms with Crippen LogP contribution >= 0.6 is 11.6 Å². The number of hydrogen-bond acceptors (Lipinski definition) is 4. The number of aromatic amines is 1. The molecule has 2 aromatic carbocycles. The molecule has 0 saturated carbocycles. The molecule has 2 fully saturated rings. The first-order valence-electron chi connectivity index (χ1n) is 11.2. The van der Waals surface area contributed by atoms with Crippen molar-refractivity contribution in [3.8, 4) is 0 Å². The molecule has 0 radical (unpaired) electrons. The van der Waals surface area contributed by atoms with E-state index >= 15 is 0 Å². The molecule has 5 atom stereocenters. The molecule has 1 aromatic heterocycles. The molecule has 162 valence electrons. The summed E-state index contributed by atoms with van der Waals surface area (Å²) in [5.74, 6) is 0.0909. The highest BCUT2D eigenvalue weighted by molar-refractivity contribution is 6.31. The fourth-order valence-corrected chi connectivity index (χ4v) is 7.24. The van der Waals surface area contributed by atoms with Gasteiger partial charge in [-0.3, -0.25) is 4.90 Å². The highest BCUT2D eigenvalue weighted by Gasteiger charge is 2.78. The van der Waals surface area contributed by atoms with Gasteiger partial charge in [0.05, 0.1) is 18.9 Å². The van der Waals surface area contributed by atoms with Gasteiger partial charge < -0.3 is 14.5 Å². The molecule has 1 N–H and O–H groups in total. The number of fused-ring (bicyclic) bond motifs is 6. The van der Waals surface area contributed by atoms with Crippen LogP contribution in [-0.4, -0.2) is 47.8 Å². The van der Waals surface area contributed by atoms with Crippen LogP contribution in [0.5, 0.6) is 0 Å². The van der Waals surface area contributed by atoms with Crippen molar-refractivity contribution >= 4 is 28.5 Å². The number of methoxy groups -OCH3 is 1. The minimum absolute atomic E-state index is 0.0460. The summed E-state index contributed by atoms with van der Waals surface area (Å²) in [5.41, 5.74) is 2.47. The number of carbonyl (C=O) groups excluding carboxylic acids is 1. The average molecular weight is 447 g/mol. The van der Waals surface area contributed by atoms with Crippen LogP contribution in [0.3, 0.4) is 0 Å². The molecule has 6 heteroatoms. The van der Waals surface area contributed by atoms with Gasteiger partial charge in [-0.1, -0.05) is 54.1 Å². The van der Waals surface area contributed by atoms with Crippen molar-refractivity contribution in [2.24, 2.45) is 5.92 Å². The smallest absolute Gasteiger partial charge is 0.335 e. The van der Waals surface area contributed by atoms with Gasteiger partial charge in [0.1, 0.15) is 5.60 Å². The zero-order chi connectivity index (χ0) is 21.7. The van der Waals surface area contributed by atoms with Gasteiger partial charge in [-0.15, -0.1) is 0 Å². The Morgan fingerprint density at radius 1 is 1.25 bits per heavy atom. The lowest BCUT2D eigenvalue weighted by Crippen LogP contribution is -2.63. The van der Waals surface area contributed by atoms with Crippen LogP contribution in [0.1, 0.15) is 22.7 Å². The predicted molar refractivity (Wildman–Crippen MR) is 122 cm³/mol. The first-order valence-corrected chi connectivity index (χ1v) is 11.5. The molecular formula is C26H23ClN2O3. The fourth-order valence-electron chi connectivity index (χ4n) is 7.07. The summed E-state index contributed by atoms with van der Waals surface area (Å²) in [6, 6.07) is 16.4. The monoisotopic (exact) mass is 446 g/mol. The number of aromatic nitrogens is 1. The number of nitrogens with one attached hydrogen (secondary N) is 1. The van der Waals surface area contributed by atoms with Gasteiger partial charge in [0, 0.05) is 40.9 Å². The number of carbonyl (C=O) groups is 1. The van der Waals surface area contributed by atoms with E-state index in [2.05, 4.69) is 46.3 Å². The molecule has 3 aromatic rings. The second-order valence-electron chi connectivity index (χ2n) is 9.34. The van der Waals surface area contributed by atoms with Crippen LogP contribution in [0, 0.1) is 5.92 Å². The molecule has 2 bridgehead atoms. The zero-order valence-corrected chi connectivity index (χ0v) is 18.4. The van der Waals surface area contributed by atoms with Gasteiger partial charge in [-0.25, -0.2) is 4.79 Å². The third-order valence-corrected chi connectivity index (χ3v) is 8.42. The molecule has 0 amide bonds. The second-order valence-corrected chi connectivity index (χ2v) is 9.78. The fraction of sp³-hybridized carbons (Fsp3) is 0.346. The van der Waals surface area contributed by atoms with Gasteiger partial charge >= 0.3 is 5.97 Å². The van der Waals surface area contributed by atoms with E-state index in [0.717, 1.165) is 41.7 Å². The second kappa shape index (κ2) is 6.25. The Kier molecular flexibility index (Phi) is 3.70. The summed E-state index contributed by atoms with van der Waals surface area (Å²) in [6.45, 7) is 1.55. The summed E-state index contributed by atoms with van der Waals surface area (Å²) >= 11 is 6.34. The van der Waals surface area contributed by atoms with E-state index in [4.69, 9.17) is 21.1 Å². The topological polar surface area (TPSA) is 54.6 Å². The van der Waals surface area contributed by atoms with E-state index in [0.29, 0.717) is 5.02 Å². The summed E-state index contributed by atoms with van der Waals surface area (Å²) in [6.07, 6.45) is 5.10. The van der Waals surface area contributed by atoms with Gasteiger partial charge in [0.15, 0.2) is 5.54 Å². The maximum absolute atomic E-state index is 13.8. The Labute approximate surface area is 190 Å². The molecule has 7 rings (SSSR count). The van der Waals surface area contributed by atoms with Crippen molar-refractivity contribution in [2.45, 2.75) is 29.6 Å². The number of hydrogen-bond donors (Lipinski definition) is 1. The number of halogens is 1. The lowest BCUT2D eigenvalue weighted by molar-refractivity contribution is -0.170. The number of benzene rings is 2. The molecule has 5 heterocycles. The van der Waals surface area contributed by atoms with Crippen LogP contribution in [0.25, 0.3) is 10.9 Å². The maximum Gasteiger partial charge on any atom is 0.335 e. The Morgan fingerprint density at radius 2 is 2.09 bits per heavy atom. The number of H-pyrrole nitrogens is 1. The molecule has 1 spiro atoms. The minimum Gasteiger partial charge on any atom is -0.467 e. The van der Waals surface area contributed by atoms with E-state index in [9.17, 15) is 4.79 Å². The van der Waals surface area contributed by atoms with E-state index in [1.165, 1.54) is 12.7 Å². The van der Waals surface area contributed by atoms with E-state index < -0.39 is 11.1 Å².